The molecule has 3 aromatic rings. The monoisotopic (exact) mass is 444 g/mol. The normalized spacial score (nSPS) is 12.6. The van der Waals surface area contributed by atoms with E-state index in [1.54, 1.807) is 12.1 Å². The molecule has 2 aromatic carbocycles. The Morgan fingerprint density at radius 1 is 1.18 bits per heavy atom. The molecule has 0 bridgehead atoms. The summed E-state index contributed by atoms with van der Waals surface area (Å²) in [5, 5.41) is 3.37. The zero-order valence-corrected chi connectivity index (χ0v) is 20.1. The number of rotatable bonds is 9. The van der Waals surface area contributed by atoms with Crippen LogP contribution in [0.2, 0.25) is 0 Å². The number of nitrogen functional groups attached to an aromatic ring is 1. The average Bonchev–Trinajstić information content (AvgIpc) is 3.05. The molecule has 0 amide bonds. The van der Waals surface area contributed by atoms with Gasteiger partial charge in [-0.1, -0.05) is 42.8 Å². The Morgan fingerprint density at radius 3 is 2.48 bits per heavy atom. The minimum atomic E-state index is -0.236. The summed E-state index contributed by atoms with van der Waals surface area (Å²) in [6, 6.07) is 12.8. The number of benzene rings is 2. The van der Waals surface area contributed by atoms with E-state index < -0.39 is 0 Å². The summed E-state index contributed by atoms with van der Waals surface area (Å²) in [4.78, 5) is 16.2. The minimum absolute atomic E-state index is 0.0668. The molecule has 1 atom stereocenters. The van der Waals surface area contributed by atoms with Gasteiger partial charge in [0.05, 0.1) is 5.69 Å². The Morgan fingerprint density at radius 2 is 1.88 bits per heavy atom. The zero-order valence-electron chi connectivity index (χ0n) is 20.1. The fourth-order valence-electron chi connectivity index (χ4n) is 3.86. The molecule has 0 aliphatic heterocycles. The highest BCUT2D eigenvalue weighted by Crippen LogP contribution is 2.28. The largest absolute Gasteiger partial charge is 0.397 e. The van der Waals surface area contributed by atoms with Crippen molar-refractivity contribution < 1.29 is 9.18 Å². The fourth-order valence-corrected chi connectivity index (χ4v) is 3.86. The average molecular weight is 444 g/mol. The molecule has 0 aliphatic carbocycles. The number of nitrogens with two attached hydrogens (primary N) is 1. The van der Waals surface area contributed by atoms with Crippen LogP contribution in [-0.2, 0) is 11.1 Å². The van der Waals surface area contributed by atoms with Gasteiger partial charge in [-0.2, -0.15) is 0 Å². The summed E-state index contributed by atoms with van der Waals surface area (Å²) in [6.07, 6.45) is 3.04. The second kappa shape index (κ2) is 10.7. The zero-order chi connectivity index (χ0) is 24.1. The van der Waals surface area contributed by atoms with Gasteiger partial charge in [-0.25, -0.2) is 4.39 Å². The number of ketones is 1. The first-order valence-corrected chi connectivity index (χ1v) is 11.3. The van der Waals surface area contributed by atoms with Crippen LogP contribution in [0.1, 0.15) is 65.5 Å². The van der Waals surface area contributed by atoms with Gasteiger partial charge in [-0.3, -0.25) is 4.79 Å². The lowest BCUT2D eigenvalue weighted by Gasteiger charge is -2.15. The molecule has 1 aromatic heterocycles. The van der Waals surface area contributed by atoms with Crippen molar-refractivity contribution in [3.8, 4) is 0 Å². The van der Waals surface area contributed by atoms with E-state index in [2.05, 4.69) is 28.4 Å². The first-order chi connectivity index (χ1) is 15.7. The number of aromatic amines is 1. The van der Waals surface area contributed by atoms with E-state index in [0.29, 0.717) is 18.3 Å². The van der Waals surface area contributed by atoms with Crippen molar-refractivity contribution in [1.82, 2.24) is 10.2 Å². The Balaban J connectivity index is 1.81. The summed E-state index contributed by atoms with van der Waals surface area (Å²) in [6.45, 7) is 9.84. The molecular weight excluding hydrogens is 412 g/mol. The van der Waals surface area contributed by atoms with Crippen LogP contribution >= 0.6 is 0 Å². The molecule has 6 heteroatoms. The third-order valence-corrected chi connectivity index (χ3v) is 6.11. The minimum Gasteiger partial charge on any atom is -0.397 e. The van der Waals surface area contributed by atoms with E-state index in [-0.39, 0.29) is 17.6 Å². The van der Waals surface area contributed by atoms with Gasteiger partial charge in [-0.05, 0) is 74.5 Å². The van der Waals surface area contributed by atoms with E-state index >= 15 is 0 Å². The van der Waals surface area contributed by atoms with Gasteiger partial charge in [0.2, 0.25) is 7.41 Å². The second-order valence-corrected chi connectivity index (χ2v) is 8.53. The molecule has 0 saturated carbocycles. The van der Waals surface area contributed by atoms with Crippen LogP contribution in [0.4, 0.5) is 10.1 Å². The van der Waals surface area contributed by atoms with E-state index in [1.807, 2.05) is 48.1 Å². The summed E-state index contributed by atoms with van der Waals surface area (Å²) in [5.41, 5.74) is 14.4. The lowest BCUT2D eigenvalue weighted by Crippen LogP contribution is -2.25. The smallest absolute Gasteiger partial charge is 0.210 e. The van der Waals surface area contributed by atoms with Crippen molar-refractivity contribution in [1.29, 1.82) is 0 Å². The van der Waals surface area contributed by atoms with Crippen LogP contribution in [0.15, 0.2) is 42.5 Å². The molecule has 0 fully saturated rings. The Labute approximate surface area is 196 Å². The molecule has 33 heavy (non-hydrogen) atoms. The molecule has 171 valence electrons. The molecule has 0 aliphatic rings. The first kappa shape index (κ1) is 24.5. The van der Waals surface area contributed by atoms with Crippen LogP contribution in [0.3, 0.4) is 0 Å². The van der Waals surface area contributed by atoms with Gasteiger partial charge in [0.15, 0.2) is 5.78 Å². The first-order valence-electron chi connectivity index (χ1n) is 11.3. The van der Waals surface area contributed by atoms with Gasteiger partial charge < -0.3 is 15.9 Å². The summed E-state index contributed by atoms with van der Waals surface area (Å²) in [7, 11) is 2.01. The van der Waals surface area contributed by atoms with Crippen molar-refractivity contribution in [2.24, 2.45) is 0 Å². The van der Waals surface area contributed by atoms with Crippen molar-refractivity contribution in [3.63, 3.8) is 0 Å². The van der Waals surface area contributed by atoms with Crippen molar-refractivity contribution >= 4 is 30.5 Å². The molecule has 4 nitrogen and oxygen atoms in total. The third-order valence-electron chi connectivity index (χ3n) is 6.11. The number of H-pyrrole nitrogens is 1. The highest BCUT2D eigenvalue weighted by Gasteiger charge is 2.16. The number of halogens is 1. The number of allylic oxidation sites excluding steroid dienone is 1. The van der Waals surface area contributed by atoms with Gasteiger partial charge in [0.1, 0.15) is 5.82 Å². The van der Waals surface area contributed by atoms with Crippen LogP contribution in [0.25, 0.3) is 11.6 Å². The number of nitrogens with one attached hydrogen (secondary N) is 2. The number of hydrogen-bond acceptors (Lipinski definition) is 3. The number of hydrogen-bond donors (Lipinski definition) is 3. The van der Waals surface area contributed by atoms with Crippen molar-refractivity contribution in [3.05, 3.63) is 87.5 Å². The quantitative estimate of drug-likeness (QED) is 0.295. The Kier molecular flexibility index (Phi) is 7.93. The van der Waals surface area contributed by atoms with Crippen LogP contribution < -0.4 is 11.0 Å². The summed E-state index contributed by atoms with van der Waals surface area (Å²) < 4.78 is 13.2. The van der Waals surface area contributed by atoms with E-state index in [1.165, 1.54) is 12.1 Å². The molecular formula is C27H32BFN3O. The van der Waals surface area contributed by atoms with Crippen molar-refractivity contribution in [2.45, 2.75) is 53.4 Å². The number of Topliss-reactive ketones (excluding diaryl/α,β-unsaturated/α-hetero) is 1. The number of carbonyl (C=O) groups excluding carboxylic acids is 1. The number of anilines is 1. The topological polar surface area (TPSA) is 70.9 Å². The molecule has 1 unspecified atom stereocenters. The SMILES string of the molecule is CCC(=O)/C(=C\c1[nH]c(C)c(N)c1C)c1cc(C[B]NC(C)c2ccc(F)cc2)ccc1C. The fraction of sp³-hybridized carbons (Fsp3) is 0.296. The highest BCUT2D eigenvalue weighted by molar-refractivity contribution is 6.32. The summed E-state index contributed by atoms with van der Waals surface area (Å²) >= 11 is 0. The molecule has 0 saturated heterocycles. The molecule has 4 N–H and O–H groups in total. The van der Waals surface area contributed by atoms with E-state index in [0.717, 1.165) is 44.9 Å². The van der Waals surface area contributed by atoms with Crippen LogP contribution in [0, 0.1) is 26.6 Å². The van der Waals surface area contributed by atoms with E-state index in [9.17, 15) is 9.18 Å². The highest BCUT2D eigenvalue weighted by atomic mass is 19.1. The van der Waals surface area contributed by atoms with Gasteiger partial charge in [0, 0.05) is 29.4 Å². The Hall–Kier alpha value is -3.12. The van der Waals surface area contributed by atoms with Gasteiger partial charge in [-0.15, -0.1) is 0 Å². The molecule has 1 heterocycles. The van der Waals surface area contributed by atoms with E-state index in [4.69, 9.17) is 5.73 Å². The lowest BCUT2D eigenvalue weighted by molar-refractivity contribution is -0.113. The van der Waals surface area contributed by atoms with Crippen LogP contribution in [-0.4, -0.2) is 18.2 Å². The maximum atomic E-state index is 13.2. The summed E-state index contributed by atoms with van der Waals surface area (Å²) in [5.74, 6) is -0.146. The number of aromatic nitrogens is 1. The predicted octanol–water partition coefficient (Wildman–Crippen LogP) is 5.65. The second-order valence-electron chi connectivity index (χ2n) is 8.53. The standard InChI is InChI=1S/C27H32BFN3O/c1-6-26(33)24(14-25-17(3)27(30)19(5)31-25)23-13-20(8-7-16(23)2)15-28-32-18(4)21-9-11-22(29)12-10-21/h7-14,18,31-32H,6,15,30H2,1-5H3/b24-14-. The molecule has 0 spiro atoms. The Bertz CT molecular complexity index is 1160. The maximum Gasteiger partial charge on any atom is 0.210 e. The van der Waals surface area contributed by atoms with Crippen LogP contribution in [0.5, 0.6) is 0 Å². The van der Waals surface area contributed by atoms with Crippen molar-refractivity contribution in [2.75, 3.05) is 5.73 Å². The molecule has 1 radical (unpaired) electrons. The number of carbonyl (C=O) groups is 1. The lowest BCUT2D eigenvalue weighted by atomic mass is 9.81. The van der Waals surface area contributed by atoms with Gasteiger partial charge in [0.25, 0.3) is 0 Å². The third kappa shape index (κ3) is 5.82. The number of aryl methyl sites for hydroxylation is 2. The van der Waals surface area contributed by atoms with Gasteiger partial charge >= 0.3 is 0 Å². The molecule has 3 rings (SSSR count). The maximum absolute atomic E-state index is 13.2. The predicted molar refractivity (Wildman–Crippen MR) is 136 cm³/mol.